The molecule has 0 N–H and O–H groups in total. The second-order valence-corrected chi connectivity index (χ2v) is 2.92. The Bertz CT molecular complexity index is 369. The van der Waals surface area contributed by atoms with Gasteiger partial charge in [0.05, 0.1) is 5.02 Å². The predicted octanol–water partition coefficient (Wildman–Crippen LogP) is 3.77. The number of alkyl halides is 6. The number of aromatic nitrogens is 1. The molecule has 1 heterocycles. The van der Waals surface area contributed by atoms with Crippen LogP contribution in [0.15, 0.2) is 12.3 Å². The molecule has 1 nitrogen and oxygen atoms in total. The Labute approximate surface area is 84.7 Å². The van der Waals surface area contributed by atoms with Gasteiger partial charge in [-0.2, -0.15) is 26.3 Å². The highest BCUT2D eigenvalue weighted by molar-refractivity contribution is 6.31. The third-order valence-corrected chi connectivity index (χ3v) is 1.77. The number of rotatable bonds is 0. The van der Waals surface area contributed by atoms with Crippen molar-refractivity contribution in [3.05, 3.63) is 28.5 Å². The molecule has 0 bridgehead atoms. The summed E-state index contributed by atoms with van der Waals surface area (Å²) >= 11 is 5.06. The standard InChI is InChI=1S/C7H2ClF6N/c8-3-1-2-15-5(7(12,13)14)4(3)6(9,10)11/h1-2H. The maximum absolute atomic E-state index is 12.2. The lowest BCUT2D eigenvalue weighted by atomic mass is 10.2. The Balaban J connectivity index is 3.48. The van der Waals surface area contributed by atoms with Gasteiger partial charge in [-0.25, -0.2) is 0 Å². The molecule has 0 saturated heterocycles. The molecular weight excluding hydrogens is 248 g/mol. The first-order chi connectivity index (χ1) is 6.64. The highest BCUT2D eigenvalue weighted by atomic mass is 35.5. The van der Waals surface area contributed by atoms with Gasteiger partial charge in [0.25, 0.3) is 0 Å². The van der Waals surface area contributed by atoms with E-state index in [0.29, 0.717) is 12.3 Å². The van der Waals surface area contributed by atoms with E-state index in [1.807, 2.05) is 0 Å². The van der Waals surface area contributed by atoms with Crippen LogP contribution in [-0.4, -0.2) is 4.98 Å². The summed E-state index contributed by atoms with van der Waals surface area (Å²) < 4.78 is 73.1. The number of hydrogen-bond acceptors (Lipinski definition) is 1. The van der Waals surface area contributed by atoms with E-state index < -0.39 is 28.6 Å². The minimum absolute atomic E-state index is 0.570. The number of halogens is 7. The van der Waals surface area contributed by atoms with Crippen LogP contribution < -0.4 is 0 Å². The third kappa shape index (κ3) is 2.53. The molecule has 0 radical (unpaired) electrons. The van der Waals surface area contributed by atoms with Gasteiger partial charge in [-0.05, 0) is 6.07 Å². The fourth-order valence-corrected chi connectivity index (χ4v) is 1.18. The molecule has 0 amide bonds. The molecule has 1 aromatic heterocycles. The average Bonchev–Trinajstić information content (AvgIpc) is 1.99. The summed E-state index contributed by atoms with van der Waals surface area (Å²) in [5, 5.41) is -1.02. The van der Waals surface area contributed by atoms with E-state index in [0.717, 1.165) is 0 Å². The van der Waals surface area contributed by atoms with E-state index in [4.69, 9.17) is 11.6 Å². The molecule has 0 aliphatic heterocycles. The summed E-state index contributed by atoms with van der Waals surface area (Å²) in [6, 6.07) is 0.652. The summed E-state index contributed by atoms with van der Waals surface area (Å²) in [5.41, 5.74) is -3.98. The fourth-order valence-electron chi connectivity index (χ4n) is 0.923. The summed E-state index contributed by atoms with van der Waals surface area (Å²) in [4.78, 5) is 2.65. The van der Waals surface area contributed by atoms with Crippen molar-refractivity contribution in [1.82, 2.24) is 4.98 Å². The van der Waals surface area contributed by atoms with Crippen molar-refractivity contribution in [1.29, 1.82) is 0 Å². The van der Waals surface area contributed by atoms with Crippen LogP contribution >= 0.6 is 11.6 Å². The lowest BCUT2D eigenvalue weighted by molar-refractivity contribution is -0.164. The molecule has 0 fully saturated rings. The monoisotopic (exact) mass is 249 g/mol. The van der Waals surface area contributed by atoms with Gasteiger partial charge >= 0.3 is 12.4 Å². The van der Waals surface area contributed by atoms with Crippen molar-refractivity contribution >= 4 is 11.6 Å². The molecule has 84 valence electrons. The van der Waals surface area contributed by atoms with E-state index in [1.54, 1.807) is 0 Å². The Morgan fingerprint density at radius 1 is 1.00 bits per heavy atom. The van der Waals surface area contributed by atoms with Crippen LogP contribution in [0.25, 0.3) is 0 Å². The first kappa shape index (κ1) is 12.1. The van der Waals surface area contributed by atoms with Gasteiger partial charge in [0.2, 0.25) is 0 Å². The molecule has 0 aliphatic carbocycles. The lowest BCUT2D eigenvalue weighted by Gasteiger charge is -2.14. The van der Waals surface area contributed by atoms with Crippen molar-refractivity contribution < 1.29 is 26.3 Å². The van der Waals surface area contributed by atoms with Crippen LogP contribution in [0.2, 0.25) is 5.02 Å². The second-order valence-electron chi connectivity index (χ2n) is 2.51. The molecule has 0 unspecified atom stereocenters. The van der Waals surface area contributed by atoms with Gasteiger partial charge in [0.1, 0.15) is 5.56 Å². The number of hydrogen-bond donors (Lipinski definition) is 0. The Kier molecular flexibility index (Phi) is 2.86. The van der Waals surface area contributed by atoms with Crippen molar-refractivity contribution in [2.45, 2.75) is 12.4 Å². The van der Waals surface area contributed by atoms with Crippen LogP contribution in [0.1, 0.15) is 11.3 Å². The molecule has 0 atom stereocenters. The molecule has 15 heavy (non-hydrogen) atoms. The van der Waals surface area contributed by atoms with Crippen LogP contribution in [0.4, 0.5) is 26.3 Å². The van der Waals surface area contributed by atoms with Gasteiger partial charge in [-0.3, -0.25) is 4.98 Å². The number of nitrogens with zero attached hydrogens (tertiary/aromatic N) is 1. The first-order valence-electron chi connectivity index (χ1n) is 3.43. The maximum Gasteiger partial charge on any atom is 0.434 e. The minimum atomic E-state index is -5.18. The quantitative estimate of drug-likeness (QED) is 0.638. The average molecular weight is 250 g/mol. The molecule has 1 aromatic rings. The second kappa shape index (κ2) is 3.55. The zero-order valence-electron chi connectivity index (χ0n) is 6.75. The van der Waals surface area contributed by atoms with Crippen molar-refractivity contribution in [3.63, 3.8) is 0 Å². The first-order valence-corrected chi connectivity index (χ1v) is 3.80. The molecule has 8 heteroatoms. The van der Waals surface area contributed by atoms with E-state index in [1.165, 1.54) is 0 Å². The van der Waals surface area contributed by atoms with Gasteiger partial charge in [-0.15, -0.1) is 0 Å². The predicted molar refractivity (Wildman–Crippen MR) is 39.3 cm³/mol. The normalized spacial score (nSPS) is 13.0. The Morgan fingerprint density at radius 3 is 1.87 bits per heavy atom. The van der Waals surface area contributed by atoms with E-state index in [-0.39, 0.29) is 0 Å². The SMILES string of the molecule is FC(F)(F)c1nccc(Cl)c1C(F)(F)F. The van der Waals surface area contributed by atoms with E-state index >= 15 is 0 Å². The summed E-state index contributed by atoms with van der Waals surface area (Å²) in [5.74, 6) is 0. The van der Waals surface area contributed by atoms with Crippen molar-refractivity contribution in [3.8, 4) is 0 Å². The summed E-state index contributed by atoms with van der Waals surface area (Å²) in [6.45, 7) is 0. The Hall–Kier alpha value is -0.980. The fraction of sp³-hybridized carbons (Fsp3) is 0.286. The minimum Gasteiger partial charge on any atom is -0.251 e. The topological polar surface area (TPSA) is 12.9 Å². The van der Waals surface area contributed by atoms with Crippen molar-refractivity contribution in [2.75, 3.05) is 0 Å². The van der Waals surface area contributed by atoms with E-state index in [2.05, 4.69) is 4.98 Å². The van der Waals surface area contributed by atoms with Crippen LogP contribution in [0.3, 0.4) is 0 Å². The number of pyridine rings is 1. The van der Waals surface area contributed by atoms with Crippen LogP contribution in [-0.2, 0) is 12.4 Å². The Morgan fingerprint density at radius 2 is 1.53 bits per heavy atom. The highest BCUT2D eigenvalue weighted by Gasteiger charge is 2.46. The largest absolute Gasteiger partial charge is 0.434 e. The van der Waals surface area contributed by atoms with E-state index in [9.17, 15) is 26.3 Å². The highest BCUT2D eigenvalue weighted by Crippen LogP contribution is 2.42. The zero-order chi connectivity index (χ0) is 11.9. The molecule has 1 rings (SSSR count). The summed E-state index contributed by atoms with van der Waals surface area (Å²) in [7, 11) is 0. The third-order valence-electron chi connectivity index (χ3n) is 1.45. The van der Waals surface area contributed by atoms with Crippen LogP contribution in [0.5, 0.6) is 0 Å². The zero-order valence-corrected chi connectivity index (χ0v) is 7.50. The molecule has 0 spiro atoms. The van der Waals surface area contributed by atoms with Gasteiger partial charge in [-0.1, -0.05) is 11.6 Å². The van der Waals surface area contributed by atoms with Gasteiger partial charge < -0.3 is 0 Å². The van der Waals surface area contributed by atoms with Crippen LogP contribution in [0, 0.1) is 0 Å². The molecule has 0 aromatic carbocycles. The van der Waals surface area contributed by atoms with Crippen molar-refractivity contribution in [2.24, 2.45) is 0 Å². The lowest BCUT2D eigenvalue weighted by Crippen LogP contribution is -2.18. The summed E-state index contributed by atoms with van der Waals surface area (Å²) in [6.07, 6.45) is -9.80. The molecule has 0 saturated carbocycles. The smallest absolute Gasteiger partial charge is 0.251 e. The van der Waals surface area contributed by atoms with Gasteiger partial charge in [0.15, 0.2) is 5.69 Å². The maximum atomic E-state index is 12.2. The van der Waals surface area contributed by atoms with Gasteiger partial charge in [0, 0.05) is 6.20 Å². The molecule has 0 aliphatic rings. The molecular formula is C7H2ClF6N.